The molecule has 2 rings (SSSR count). The van der Waals surface area contributed by atoms with Crippen LogP contribution in [-0.2, 0) is 16.1 Å². The zero-order valence-electron chi connectivity index (χ0n) is 8.76. The summed E-state index contributed by atoms with van der Waals surface area (Å²) in [5.41, 5.74) is 1.22. The van der Waals surface area contributed by atoms with Gasteiger partial charge in [-0.2, -0.15) is 0 Å². The van der Waals surface area contributed by atoms with Crippen molar-refractivity contribution in [2.45, 2.75) is 25.2 Å². The van der Waals surface area contributed by atoms with E-state index in [-0.39, 0.29) is 6.10 Å². The number of hydrogen-bond acceptors (Lipinski definition) is 2. The van der Waals surface area contributed by atoms with Crippen LogP contribution in [0.3, 0.4) is 0 Å². The van der Waals surface area contributed by atoms with E-state index < -0.39 is 0 Å². The van der Waals surface area contributed by atoms with Gasteiger partial charge in [0, 0.05) is 6.61 Å². The molecule has 2 heteroatoms. The highest BCUT2D eigenvalue weighted by Crippen LogP contribution is 2.25. The molecule has 0 bridgehead atoms. The predicted molar refractivity (Wildman–Crippen MR) is 59.6 cm³/mol. The molecular formula is C13H16O2. The molecule has 1 aliphatic rings. The summed E-state index contributed by atoms with van der Waals surface area (Å²) in [5, 5.41) is 0. The van der Waals surface area contributed by atoms with E-state index in [4.69, 9.17) is 9.47 Å². The van der Waals surface area contributed by atoms with Crippen LogP contribution < -0.4 is 0 Å². The average molecular weight is 204 g/mol. The zero-order chi connectivity index (χ0) is 10.5. The van der Waals surface area contributed by atoms with E-state index in [0.717, 1.165) is 13.0 Å². The number of hydrogen-bond donors (Lipinski definition) is 0. The topological polar surface area (TPSA) is 21.8 Å². The van der Waals surface area contributed by atoms with E-state index in [1.807, 2.05) is 24.3 Å². The summed E-state index contributed by atoms with van der Waals surface area (Å²) < 4.78 is 10.9. The lowest BCUT2D eigenvalue weighted by Crippen LogP contribution is -2.00. The van der Waals surface area contributed by atoms with Crippen molar-refractivity contribution in [2.75, 3.05) is 6.61 Å². The molecule has 1 heterocycles. The number of benzene rings is 1. The second-order valence-corrected chi connectivity index (χ2v) is 3.70. The van der Waals surface area contributed by atoms with Crippen LogP contribution in [0, 0.1) is 0 Å². The number of rotatable bonds is 6. The van der Waals surface area contributed by atoms with Gasteiger partial charge in [0.05, 0.1) is 12.7 Å². The predicted octanol–water partition coefficient (Wildman–Crippen LogP) is 2.55. The van der Waals surface area contributed by atoms with Crippen LogP contribution in [0.1, 0.15) is 12.0 Å². The fourth-order valence-electron chi connectivity index (χ4n) is 1.56. The van der Waals surface area contributed by atoms with Crippen LogP contribution in [0.5, 0.6) is 0 Å². The largest absolute Gasteiger partial charge is 0.377 e. The van der Waals surface area contributed by atoms with Gasteiger partial charge < -0.3 is 9.47 Å². The fourth-order valence-corrected chi connectivity index (χ4v) is 1.56. The first-order valence-electron chi connectivity index (χ1n) is 5.30. The normalized spacial score (nSPS) is 23.7. The van der Waals surface area contributed by atoms with Crippen LogP contribution >= 0.6 is 0 Å². The quantitative estimate of drug-likeness (QED) is 0.403. The van der Waals surface area contributed by atoms with Crippen molar-refractivity contribution < 1.29 is 9.47 Å². The molecule has 1 aliphatic heterocycles. The highest BCUT2D eigenvalue weighted by atomic mass is 16.6. The van der Waals surface area contributed by atoms with Crippen molar-refractivity contribution in [3.05, 3.63) is 48.6 Å². The maximum Gasteiger partial charge on any atom is 0.102 e. The minimum atomic E-state index is 0.269. The molecule has 0 unspecified atom stereocenters. The zero-order valence-corrected chi connectivity index (χ0v) is 8.76. The van der Waals surface area contributed by atoms with E-state index >= 15 is 0 Å². The molecule has 15 heavy (non-hydrogen) atoms. The minimum Gasteiger partial charge on any atom is -0.377 e. The van der Waals surface area contributed by atoms with Gasteiger partial charge in [0.25, 0.3) is 0 Å². The molecule has 0 radical (unpaired) electrons. The molecule has 80 valence electrons. The van der Waals surface area contributed by atoms with Crippen LogP contribution in [0.4, 0.5) is 0 Å². The summed E-state index contributed by atoms with van der Waals surface area (Å²) in [5.74, 6) is 0. The van der Waals surface area contributed by atoms with Crippen molar-refractivity contribution in [1.82, 2.24) is 0 Å². The Morgan fingerprint density at radius 3 is 2.80 bits per heavy atom. The molecule has 2 nitrogen and oxygen atoms in total. The molecule has 1 aromatic rings. The summed E-state index contributed by atoms with van der Waals surface area (Å²) in [4.78, 5) is 0. The van der Waals surface area contributed by atoms with Crippen LogP contribution in [0.25, 0.3) is 0 Å². The van der Waals surface area contributed by atoms with Gasteiger partial charge in [0.2, 0.25) is 0 Å². The highest BCUT2D eigenvalue weighted by Gasteiger charge is 2.35. The molecule has 1 saturated heterocycles. The second kappa shape index (κ2) is 5.10. The van der Waals surface area contributed by atoms with Gasteiger partial charge in [-0.05, 0) is 12.0 Å². The molecular weight excluding hydrogens is 188 g/mol. The lowest BCUT2D eigenvalue weighted by Gasteiger charge is -2.02. The Morgan fingerprint density at radius 2 is 2.13 bits per heavy atom. The Kier molecular flexibility index (Phi) is 3.54. The Bertz CT molecular complexity index is 308. The highest BCUT2D eigenvalue weighted by molar-refractivity contribution is 5.13. The molecule has 1 fully saturated rings. The Balaban J connectivity index is 1.58. The monoisotopic (exact) mass is 204 g/mol. The molecule has 0 spiro atoms. The van der Waals surface area contributed by atoms with Gasteiger partial charge in [-0.3, -0.25) is 0 Å². The van der Waals surface area contributed by atoms with Gasteiger partial charge in [-0.1, -0.05) is 36.4 Å². The van der Waals surface area contributed by atoms with E-state index in [1.165, 1.54) is 5.56 Å². The van der Waals surface area contributed by atoms with Crippen LogP contribution in [-0.4, -0.2) is 18.8 Å². The third-order valence-electron chi connectivity index (χ3n) is 2.51. The Morgan fingerprint density at radius 1 is 1.33 bits per heavy atom. The Labute approximate surface area is 90.5 Å². The summed E-state index contributed by atoms with van der Waals surface area (Å²) in [6, 6.07) is 10.2. The number of epoxide rings is 1. The minimum absolute atomic E-state index is 0.269. The van der Waals surface area contributed by atoms with Crippen molar-refractivity contribution in [2.24, 2.45) is 0 Å². The van der Waals surface area contributed by atoms with Gasteiger partial charge in [-0.25, -0.2) is 0 Å². The van der Waals surface area contributed by atoms with Gasteiger partial charge in [0.1, 0.15) is 6.10 Å². The maximum absolute atomic E-state index is 5.55. The molecule has 0 amide bonds. The number of ether oxygens (including phenoxy) is 2. The fraction of sp³-hybridized carbons (Fsp3) is 0.385. The molecule has 0 aromatic heterocycles. The summed E-state index contributed by atoms with van der Waals surface area (Å²) in [6.07, 6.45) is 3.43. The average Bonchev–Trinajstić information content (AvgIpc) is 3.05. The van der Waals surface area contributed by atoms with E-state index in [1.54, 1.807) is 0 Å². The lowest BCUT2D eigenvalue weighted by molar-refractivity contribution is 0.113. The van der Waals surface area contributed by atoms with E-state index in [9.17, 15) is 0 Å². The van der Waals surface area contributed by atoms with Gasteiger partial charge in [-0.15, -0.1) is 6.58 Å². The summed E-state index contributed by atoms with van der Waals surface area (Å²) >= 11 is 0. The molecule has 0 N–H and O–H groups in total. The maximum atomic E-state index is 5.55. The standard InChI is InChI=1S/C13H16O2/c1-2-12-13(15-12)8-9-14-10-11-6-4-3-5-7-11/h2-7,12-13H,1,8-10H2/t12-,13-/m1/s1. The summed E-state index contributed by atoms with van der Waals surface area (Å²) in [6.45, 7) is 5.12. The smallest absolute Gasteiger partial charge is 0.102 e. The van der Waals surface area contributed by atoms with Crippen LogP contribution in [0.15, 0.2) is 43.0 Å². The third kappa shape index (κ3) is 3.18. The lowest BCUT2D eigenvalue weighted by atomic mass is 10.2. The second-order valence-electron chi connectivity index (χ2n) is 3.70. The first-order valence-corrected chi connectivity index (χ1v) is 5.30. The van der Waals surface area contributed by atoms with Crippen molar-refractivity contribution in [1.29, 1.82) is 0 Å². The Hall–Kier alpha value is -1.12. The SMILES string of the molecule is C=C[C@H]1O[C@@H]1CCOCc1ccccc1. The van der Waals surface area contributed by atoms with Crippen molar-refractivity contribution >= 4 is 0 Å². The third-order valence-corrected chi connectivity index (χ3v) is 2.51. The van der Waals surface area contributed by atoms with Gasteiger partial charge >= 0.3 is 0 Å². The first kappa shape index (κ1) is 10.4. The van der Waals surface area contributed by atoms with Gasteiger partial charge in [0.15, 0.2) is 0 Å². The molecule has 2 atom stereocenters. The molecule has 0 aliphatic carbocycles. The summed E-state index contributed by atoms with van der Waals surface area (Å²) in [7, 11) is 0. The first-order chi connectivity index (χ1) is 7.40. The molecule has 1 aromatic carbocycles. The van der Waals surface area contributed by atoms with E-state index in [0.29, 0.717) is 12.7 Å². The van der Waals surface area contributed by atoms with Crippen LogP contribution in [0.2, 0.25) is 0 Å². The van der Waals surface area contributed by atoms with Crippen molar-refractivity contribution in [3.8, 4) is 0 Å². The van der Waals surface area contributed by atoms with Crippen molar-refractivity contribution in [3.63, 3.8) is 0 Å². The van der Waals surface area contributed by atoms with E-state index in [2.05, 4.69) is 18.7 Å². The molecule has 0 saturated carbocycles.